The van der Waals surface area contributed by atoms with Gasteiger partial charge in [-0.05, 0) is 67.6 Å². The van der Waals surface area contributed by atoms with Crippen molar-refractivity contribution in [2.45, 2.75) is 11.8 Å². The molecule has 9 heteroatoms. The van der Waals surface area contributed by atoms with E-state index in [-0.39, 0.29) is 21.7 Å². The Bertz CT molecular complexity index is 1210. The van der Waals surface area contributed by atoms with E-state index in [1.54, 1.807) is 6.07 Å². The van der Waals surface area contributed by atoms with E-state index in [2.05, 4.69) is 4.72 Å². The van der Waals surface area contributed by atoms with E-state index in [9.17, 15) is 22.4 Å². The fourth-order valence-corrected chi connectivity index (χ4v) is 3.84. The summed E-state index contributed by atoms with van der Waals surface area (Å²) in [6.07, 6.45) is 0. The summed E-state index contributed by atoms with van der Waals surface area (Å²) in [5, 5.41) is 0. The highest BCUT2D eigenvalue weighted by Gasteiger charge is 2.20. The van der Waals surface area contributed by atoms with Crippen molar-refractivity contribution < 1.29 is 31.9 Å². The van der Waals surface area contributed by atoms with Crippen LogP contribution in [0.4, 0.5) is 10.1 Å². The number of hydrogen-bond donors (Lipinski definition) is 1. The number of ether oxygens (including phenoxy) is 2. The van der Waals surface area contributed by atoms with Crippen LogP contribution in [-0.4, -0.2) is 33.4 Å². The number of esters is 1. The summed E-state index contributed by atoms with van der Waals surface area (Å²) >= 11 is 0. The van der Waals surface area contributed by atoms with Crippen molar-refractivity contribution in [3.05, 3.63) is 89.7 Å². The normalized spacial score (nSPS) is 10.9. The van der Waals surface area contributed by atoms with Crippen LogP contribution in [0, 0.1) is 5.82 Å². The van der Waals surface area contributed by atoms with Crippen LogP contribution in [0.5, 0.6) is 5.75 Å². The molecule has 3 aromatic rings. The van der Waals surface area contributed by atoms with Gasteiger partial charge in [0.05, 0.1) is 22.8 Å². The predicted octanol–water partition coefficient (Wildman–Crippen LogP) is 4.06. The standard InChI is InChI=1S/C23H20FNO6S/c1-2-30-18-11-13-19(14-12-18)32(28,29)25-21-6-4-3-5-20(21)23(27)31-15-22(26)16-7-9-17(24)10-8-16/h3-14,25H,2,15H2,1H3. The lowest BCUT2D eigenvalue weighted by Crippen LogP contribution is -2.18. The number of carbonyl (C=O) groups is 2. The Morgan fingerprint density at radius 1 is 0.938 bits per heavy atom. The first-order chi connectivity index (χ1) is 15.3. The monoisotopic (exact) mass is 457 g/mol. The van der Waals surface area contributed by atoms with Crippen molar-refractivity contribution in [3.63, 3.8) is 0 Å². The van der Waals surface area contributed by atoms with Crippen LogP contribution >= 0.6 is 0 Å². The SMILES string of the molecule is CCOc1ccc(S(=O)(=O)Nc2ccccc2C(=O)OCC(=O)c2ccc(F)cc2)cc1. The van der Waals surface area contributed by atoms with Gasteiger partial charge in [-0.2, -0.15) is 0 Å². The average Bonchev–Trinajstić information content (AvgIpc) is 2.78. The van der Waals surface area contributed by atoms with Crippen molar-refractivity contribution in [2.24, 2.45) is 0 Å². The first-order valence-corrected chi connectivity index (χ1v) is 11.1. The molecule has 166 valence electrons. The molecule has 0 unspecified atom stereocenters. The average molecular weight is 457 g/mol. The largest absolute Gasteiger partial charge is 0.494 e. The molecular formula is C23H20FNO6S. The topological polar surface area (TPSA) is 98.8 Å². The number of hydrogen-bond acceptors (Lipinski definition) is 6. The molecule has 0 atom stereocenters. The molecule has 0 amide bonds. The van der Waals surface area contributed by atoms with Crippen LogP contribution in [0.15, 0.2) is 77.7 Å². The van der Waals surface area contributed by atoms with Crippen LogP contribution in [0.25, 0.3) is 0 Å². The molecular weight excluding hydrogens is 437 g/mol. The van der Waals surface area contributed by atoms with Gasteiger partial charge >= 0.3 is 5.97 Å². The molecule has 0 saturated carbocycles. The molecule has 3 aromatic carbocycles. The third kappa shape index (κ3) is 5.70. The number of para-hydroxylation sites is 1. The van der Waals surface area contributed by atoms with E-state index in [1.807, 2.05) is 6.92 Å². The van der Waals surface area contributed by atoms with E-state index in [1.165, 1.54) is 54.6 Å². The van der Waals surface area contributed by atoms with Crippen molar-refractivity contribution in [3.8, 4) is 5.75 Å². The van der Waals surface area contributed by atoms with Crippen molar-refractivity contribution in [2.75, 3.05) is 17.9 Å². The van der Waals surface area contributed by atoms with Gasteiger partial charge in [0, 0.05) is 5.56 Å². The van der Waals surface area contributed by atoms with Crippen molar-refractivity contribution in [1.29, 1.82) is 0 Å². The number of ketones is 1. The molecule has 0 saturated heterocycles. The van der Waals surface area contributed by atoms with E-state index >= 15 is 0 Å². The van der Waals surface area contributed by atoms with E-state index in [4.69, 9.17) is 9.47 Å². The zero-order chi connectivity index (χ0) is 23.1. The van der Waals surface area contributed by atoms with Crippen molar-refractivity contribution in [1.82, 2.24) is 0 Å². The molecule has 0 aliphatic carbocycles. The molecule has 0 aromatic heterocycles. The third-order valence-electron chi connectivity index (χ3n) is 4.34. The van der Waals surface area contributed by atoms with Gasteiger partial charge in [0.25, 0.3) is 10.0 Å². The molecule has 0 fully saturated rings. The first-order valence-electron chi connectivity index (χ1n) is 9.61. The summed E-state index contributed by atoms with van der Waals surface area (Å²) in [6, 6.07) is 16.5. The Labute approximate surface area is 184 Å². The number of carbonyl (C=O) groups excluding carboxylic acids is 2. The smallest absolute Gasteiger partial charge is 0.340 e. The molecule has 32 heavy (non-hydrogen) atoms. The van der Waals surface area contributed by atoms with Crippen molar-refractivity contribution >= 4 is 27.5 Å². The number of rotatable bonds is 9. The van der Waals surface area contributed by atoms with Gasteiger partial charge in [-0.3, -0.25) is 9.52 Å². The highest BCUT2D eigenvalue weighted by molar-refractivity contribution is 7.92. The van der Waals surface area contributed by atoms with Crippen LogP contribution in [0.2, 0.25) is 0 Å². The summed E-state index contributed by atoms with van der Waals surface area (Å²) in [5.74, 6) is -1.37. The number of benzene rings is 3. The van der Waals surface area contributed by atoms with Gasteiger partial charge in [-0.1, -0.05) is 12.1 Å². The Hall–Kier alpha value is -3.72. The summed E-state index contributed by atoms with van der Waals surface area (Å²) in [4.78, 5) is 24.6. The minimum absolute atomic E-state index is 0.000570. The number of nitrogens with one attached hydrogen (secondary N) is 1. The minimum Gasteiger partial charge on any atom is -0.494 e. The van der Waals surface area contributed by atoms with Gasteiger partial charge in [0.2, 0.25) is 0 Å². The summed E-state index contributed by atoms with van der Waals surface area (Å²) in [5.41, 5.74) is 0.123. The fourth-order valence-electron chi connectivity index (χ4n) is 2.76. The molecule has 0 radical (unpaired) electrons. The van der Waals surface area contributed by atoms with Crippen LogP contribution in [-0.2, 0) is 14.8 Å². The molecule has 0 bridgehead atoms. The Morgan fingerprint density at radius 2 is 1.59 bits per heavy atom. The van der Waals surface area contributed by atoms with Gasteiger partial charge < -0.3 is 9.47 Å². The molecule has 7 nitrogen and oxygen atoms in total. The minimum atomic E-state index is -4.00. The second-order valence-corrected chi connectivity index (χ2v) is 8.24. The molecule has 3 rings (SSSR count). The summed E-state index contributed by atoms with van der Waals surface area (Å²) < 4.78 is 51.2. The second kappa shape index (κ2) is 10.1. The Kier molecular flexibility index (Phi) is 7.21. The third-order valence-corrected chi connectivity index (χ3v) is 5.72. The number of anilines is 1. The number of Topliss-reactive ketones (excluding diaryl/α,β-unsaturated/α-hetero) is 1. The number of sulfonamides is 1. The van der Waals surface area contributed by atoms with Crippen LogP contribution in [0.3, 0.4) is 0 Å². The Morgan fingerprint density at radius 3 is 2.25 bits per heavy atom. The lowest BCUT2D eigenvalue weighted by Gasteiger charge is -2.13. The first kappa shape index (κ1) is 23.0. The molecule has 0 spiro atoms. The zero-order valence-corrected chi connectivity index (χ0v) is 17.9. The van der Waals surface area contributed by atoms with Gasteiger partial charge in [-0.25, -0.2) is 17.6 Å². The van der Waals surface area contributed by atoms with E-state index in [0.717, 1.165) is 12.1 Å². The summed E-state index contributed by atoms with van der Waals surface area (Å²) in [6.45, 7) is 1.68. The second-order valence-electron chi connectivity index (χ2n) is 6.56. The summed E-state index contributed by atoms with van der Waals surface area (Å²) in [7, 11) is -4.00. The van der Waals surface area contributed by atoms with E-state index in [0.29, 0.717) is 12.4 Å². The van der Waals surface area contributed by atoms with Gasteiger partial charge in [0.15, 0.2) is 12.4 Å². The van der Waals surface area contributed by atoms with Gasteiger partial charge in [-0.15, -0.1) is 0 Å². The highest BCUT2D eigenvalue weighted by Crippen LogP contribution is 2.22. The Balaban J connectivity index is 1.72. The van der Waals surface area contributed by atoms with Crippen LogP contribution in [0.1, 0.15) is 27.6 Å². The zero-order valence-electron chi connectivity index (χ0n) is 17.1. The predicted molar refractivity (Wildman–Crippen MR) is 116 cm³/mol. The highest BCUT2D eigenvalue weighted by atomic mass is 32.2. The maximum Gasteiger partial charge on any atom is 0.340 e. The fraction of sp³-hybridized carbons (Fsp3) is 0.130. The molecule has 0 aliphatic rings. The lowest BCUT2D eigenvalue weighted by molar-refractivity contribution is 0.0476. The van der Waals surface area contributed by atoms with Crippen LogP contribution < -0.4 is 9.46 Å². The molecule has 0 heterocycles. The maximum atomic E-state index is 13.0. The molecule has 0 aliphatic heterocycles. The number of halogens is 1. The maximum absolute atomic E-state index is 13.0. The quantitative estimate of drug-likeness (QED) is 0.384. The molecule has 1 N–H and O–H groups in total. The lowest BCUT2D eigenvalue weighted by atomic mass is 10.1. The van der Waals surface area contributed by atoms with E-state index < -0.39 is 34.2 Å². The van der Waals surface area contributed by atoms with Gasteiger partial charge in [0.1, 0.15) is 11.6 Å².